The van der Waals surface area contributed by atoms with Crippen LogP contribution in [-0.4, -0.2) is 21.4 Å². The summed E-state index contributed by atoms with van der Waals surface area (Å²) in [6.45, 7) is 0. The van der Waals surface area contributed by atoms with Gasteiger partial charge in [0, 0.05) is 17.5 Å². The summed E-state index contributed by atoms with van der Waals surface area (Å²) >= 11 is 1.04. The summed E-state index contributed by atoms with van der Waals surface area (Å²) in [6.07, 6.45) is 2.37. The molecule has 1 aliphatic rings. The Morgan fingerprint density at radius 2 is 1.53 bits per heavy atom. The highest BCUT2D eigenvalue weighted by Gasteiger charge is 2.32. The van der Waals surface area contributed by atoms with Crippen LogP contribution in [-0.2, 0) is 24.1 Å². The summed E-state index contributed by atoms with van der Waals surface area (Å²) in [7, 11) is 0. The molecule has 2 heterocycles. The van der Waals surface area contributed by atoms with Gasteiger partial charge in [0.1, 0.15) is 0 Å². The second-order valence-corrected chi connectivity index (χ2v) is 9.13. The summed E-state index contributed by atoms with van der Waals surface area (Å²) in [5.74, 6) is -0.237. The molecule has 1 fully saturated rings. The van der Waals surface area contributed by atoms with Crippen molar-refractivity contribution in [3.8, 4) is 11.1 Å². The zero-order chi connectivity index (χ0) is 21.9. The first kappa shape index (κ1) is 20.5. The number of thioether (sulfide) groups is 1. The lowest BCUT2D eigenvalue weighted by molar-refractivity contribution is -0.118. The van der Waals surface area contributed by atoms with Gasteiger partial charge >= 0.3 is 0 Å². The van der Waals surface area contributed by atoms with Gasteiger partial charge in [0.2, 0.25) is 5.91 Å². The molecule has 1 atom stereocenters. The third kappa shape index (κ3) is 4.43. The van der Waals surface area contributed by atoms with E-state index in [1.165, 1.54) is 11.1 Å². The summed E-state index contributed by atoms with van der Waals surface area (Å²) in [4.78, 5) is 28.5. The third-order valence-electron chi connectivity index (χ3n) is 5.72. The summed E-state index contributed by atoms with van der Waals surface area (Å²) in [6, 6.07) is 29.3. The standard InChI is InChI=1S/C27H22N2O2S/c30-26-25(32-27(31)29-26)17-21-16-22(20-9-5-2-6-10-20)23-15-19(13-14-24(23)28-21)12-11-18-7-3-1-4-8-18/h1-10,13-16,25H,11-12,17H2,(H,29,30,31). The van der Waals surface area contributed by atoms with E-state index in [4.69, 9.17) is 4.98 Å². The van der Waals surface area contributed by atoms with Crippen LogP contribution in [0.5, 0.6) is 0 Å². The van der Waals surface area contributed by atoms with Gasteiger partial charge in [0.25, 0.3) is 5.24 Å². The smallest absolute Gasteiger partial charge is 0.286 e. The minimum atomic E-state index is -0.429. The van der Waals surface area contributed by atoms with E-state index < -0.39 is 5.25 Å². The van der Waals surface area contributed by atoms with Crippen LogP contribution in [0.4, 0.5) is 4.79 Å². The average Bonchev–Trinajstić information content (AvgIpc) is 3.14. The SMILES string of the molecule is O=C1NC(=O)C(Cc2cc(-c3ccccc3)c3cc(CCc4ccccc4)ccc3n2)S1. The summed E-state index contributed by atoms with van der Waals surface area (Å²) in [5.41, 5.74) is 6.52. The zero-order valence-electron chi connectivity index (χ0n) is 17.5. The highest BCUT2D eigenvalue weighted by molar-refractivity contribution is 8.15. The van der Waals surface area contributed by atoms with E-state index in [1.807, 2.05) is 24.3 Å². The van der Waals surface area contributed by atoms with Crippen LogP contribution >= 0.6 is 11.8 Å². The molecule has 0 aliphatic carbocycles. The van der Waals surface area contributed by atoms with E-state index in [1.54, 1.807) is 0 Å². The molecule has 1 aliphatic heterocycles. The number of benzene rings is 3. The normalized spacial score (nSPS) is 15.8. The molecule has 3 aromatic carbocycles. The molecule has 0 bridgehead atoms. The fourth-order valence-electron chi connectivity index (χ4n) is 4.10. The molecule has 5 heteroatoms. The first-order chi connectivity index (χ1) is 15.7. The van der Waals surface area contributed by atoms with Gasteiger partial charge in [0.15, 0.2) is 0 Å². The fourth-order valence-corrected chi connectivity index (χ4v) is 4.93. The Morgan fingerprint density at radius 3 is 2.25 bits per heavy atom. The van der Waals surface area contributed by atoms with Crippen molar-refractivity contribution in [2.75, 3.05) is 0 Å². The lowest BCUT2D eigenvalue weighted by Gasteiger charge is -2.13. The third-order valence-corrected chi connectivity index (χ3v) is 6.70. The van der Waals surface area contributed by atoms with Crippen molar-refractivity contribution >= 4 is 33.8 Å². The van der Waals surface area contributed by atoms with Gasteiger partial charge < -0.3 is 0 Å². The van der Waals surface area contributed by atoms with Crippen molar-refractivity contribution in [3.63, 3.8) is 0 Å². The number of pyridine rings is 1. The molecule has 5 rings (SSSR count). The number of aryl methyl sites for hydroxylation is 2. The predicted molar refractivity (Wildman–Crippen MR) is 130 cm³/mol. The van der Waals surface area contributed by atoms with Crippen molar-refractivity contribution in [1.82, 2.24) is 10.3 Å². The number of rotatable bonds is 6. The van der Waals surface area contributed by atoms with Crippen LogP contribution in [0.25, 0.3) is 22.0 Å². The number of nitrogens with one attached hydrogen (secondary N) is 1. The van der Waals surface area contributed by atoms with E-state index in [9.17, 15) is 9.59 Å². The van der Waals surface area contributed by atoms with E-state index >= 15 is 0 Å². The number of hydrogen-bond donors (Lipinski definition) is 1. The Morgan fingerprint density at radius 1 is 0.812 bits per heavy atom. The number of fused-ring (bicyclic) bond motifs is 1. The Hall–Kier alpha value is -3.44. The number of hydrogen-bond acceptors (Lipinski definition) is 4. The lowest BCUT2D eigenvalue weighted by atomic mass is 9.96. The molecule has 1 unspecified atom stereocenters. The first-order valence-electron chi connectivity index (χ1n) is 10.7. The number of aromatic nitrogens is 1. The predicted octanol–water partition coefficient (Wildman–Crippen LogP) is 5.58. The molecule has 0 saturated carbocycles. The van der Waals surface area contributed by atoms with Crippen LogP contribution in [0.15, 0.2) is 84.9 Å². The molecule has 158 valence electrons. The molecule has 0 radical (unpaired) electrons. The molecular weight excluding hydrogens is 416 g/mol. The van der Waals surface area contributed by atoms with E-state index in [-0.39, 0.29) is 11.1 Å². The van der Waals surface area contributed by atoms with Gasteiger partial charge in [0.05, 0.1) is 10.8 Å². The van der Waals surface area contributed by atoms with Gasteiger partial charge in [-0.05, 0) is 53.3 Å². The fraction of sp³-hybridized carbons (Fsp3) is 0.148. The molecule has 1 N–H and O–H groups in total. The van der Waals surface area contributed by atoms with Crippen molar-refractivity contribution in [3.05, 3.63) is 102 Å². The number of carbonyl (C=O) groups is 2. The second kappa shape index (κ2) is 8.97. The Labute approximate surface area is 191 Å². The maximum Gasteiger partial charge on any atom is 0.286 e. The van der Waals surface area contributed by atoms with Gasteiger partial charge in [-0.25, -0.2) is 0 Å². The monoisotopic (exact) mass is 438 g/mol. The summed E-state index contributed by atoms with van der Waals surface area (Å²) in [5, 5.41) is 2.75. The van der Waals surface area contributed by atoms with Crippen LogP contribution in [0.1, 0.15) is 16.8 Å². The summed E-state index contributed by atoms with van der Waals surface area (Å²) < 4.78 is 0. The molecule has 0 spiro atoms. The van der Waals surface area contributed by atoms with Crippen LogP contribution in [0, 0.1) is 0 Å². The largest absolute Gasteiger partial charge is 0.286 e. The highest BCUT2D eigenvalue weighted by Crippen LogP contribution is 2.31. The average molecular weight is 439 g/mol. The molecule has 4 aromatic rings. The first-order valence-corrected chi connectivity index (χ1v) is 11.6. The van der Waals surface area contributed by atoms with Gasteiger partial charge in [-0.3, -0.25) is 19.9 Å². The molecular formula is C27H22N2O2S. The highest BCUT2D eigenvalue weighted by atomic mass is 32.2. The van der Waals surface area contributed by atoms with Crippen LogP contribution in [0.3, 0.4) is 0 Å². The lowest BCUT2D eigenvalue weighted by Crippen LogP contribution is -2.25. The number of nitrogens with zero attached hydrogens (tertiary/aromatic N) is 1. The number of amides is 2. The van der Waals surface area contributed by atoms with Crippen molar-refractivity contribution in [2.45, 2.75) is 24.5 Å². The zero-order valence-corrected chi connectivity index (χ0v) is 18.3. The Kier molecular flexibility index (Phi) is 5.73. The molecule has 32 heavy (non-hydrogen) atoms. The van der Waals surface area contributed by atoms with E-state index in [0.717, 1.165) is 52.3 Å². The minimum Gasteiger partial charge on any atom is -0.286 e. The molecule has 2 amide bonds. The maximum absolute atomic E-state index is 12.1. The molecule has 1 saturated heterocycles. The Balaban J connectivity index is 1.51. The second-order valence-electron chi connectivity index (χ2n) is 7.95. The molecule has 1 aromatic heterocycles. The number of carbonyl (C=O) groups excluding carboxylic acids is 2. The van der Waals surface area contributed by atoms with Crippen molar-refractivity contribution in [2.24, 2.45) is 0 Å². The van der Waals surface area contributed by atoms with Gasteiger partial charge in [-0.1, -0.05) is 78.5 Å². The quantitative estimate of drug-likeness (QED) is 0.427. The van der Waals surface area contributed by atoms with Crippen LogP contribution in [0.2, 0.25) is 0 Å². The van der Waals surface area contributed by atoms with Crippen molar-refractivity contribution < 1.29 is 9.59 Å². The minimum absolute atomic E-state index is 0.237. The van der Waals surface area contributed by atoms with Gasteiger partial charge in [-0.15, -0.1) is 0 Å². The van der Waals surface area contributed by atoms with Crippen molar-refractivity contribution in [1.29, 1.82) is 0 Å². The van der Waals surface area contributed by atoms with Crippen LogP contribution < -0.4 is 5.32 Å². The van der Waals surface area contributed by atoms with E-state index in [2.05, 4.69) is 66.0 Å². The molecule has 4 nitrogen and oxygen atoms in total. The van der Waals surface area contributed by atoms with E-state index in [0.29, 0.717) is 6.42 Å². The maximum atomic E-state index is 12.1. The topological polar surface area (TPSA) is 59.1 Å². The van der Waals surface area contributed by atoms with Gasteiger partial charge in [-0.2, -0.15) is 0 Å². The Bertz CT molecular complexity index is 1290. The number of imide groups is 1.